The maximum Gasteiger partial charge on any atom is 0.287 e. The lowest BCUT2D eigenvalue weighted by atomic mass is 10.0. The molecule has 0 atom stereocenters. The van der Waals surface area contributed by atoms with Gasteiger partial charge in [0.25, 0.3) is 5.69 Å². The summed E-state index contributed by atoms with van der Waals surface area (Å²) in [6, 6.07) is 10.8. The van der Waals surface area contributed by atoms with Crippen LogP contribution in [0.15, 0.2) is 42.6 Å². The van der Waals surface area contributed by atoms with E-state index in [2.05, 4.69) is 11.9 Å². The van der Waals surface area contributed by atoms with Crippen LogP contribution in [0.2, 0.25) is 0 Å². The first-order chi connectivity index (χ1) is 15.0. The highest BCUT2D eigenvalue weighted by Gasteiger charge is 2.23. The number of benzene rings is 1. The fourth-order valence-electron chi connectivity index (χ4n) is 3.62. The van der Waals surface area contributed by atoms with Gasteiger partial charge in [0.1, 0.15) is 12.0 Å². The van der Waals surface area contributed by atoms with E-state index in [0.29, 0.717) is 37.6 Å². The number of rotatable bonds is 9. The molecule has 1 aliphatic heterocycles. The van der Waals surface area contributed by atoms with Gasteiger partial charge in [0.2, 0.25) is 5.91 Å². The molecule has 0 aliphatic carbocycles. The molecule has 0 radical (unpaired) electrons. The smallest absolute Gasteiger partial charge is 0.287 e. The lowest BCUT2D eigenvalue weighted by molar-refractivity contribution is -0.385. The standard InChI is InChI=1S/C23H28N4O4/c1-2-3-4-18-5-7-19(8-6-18)21(28)10-12-23(29)26-15-13-25(14-16-26)22-11-9-20(17-24-22)27(30)31/h5-9,11,17H,2-4,10,12-16H2,1H3. The van der Waals surface area contributed by atoms with Crippen molar-refractivity contribution in [3.05, 3.63) is 63.8 Å². The summed E-state index contributed by atoms with van der Waals surface area (Å²) >= 11 is 0. The number of anilines is 1. The third-order valence-electron chi connectivity index (χ3n) is 5.56. The van der Waals surface area contributed by atoms with E-state index in [-0.39, 0.29) is 30.2 Å². The van der Waals surface area contributed by atoms with Gasteiger partial charge in [0.05, 0.1) is 4.92 Å². The highest BCUT2D eigenvalue weighted by atomic mass is 16.6. The van der Waals surface area contributed by atoms with Crippen molar-refractivity contribution in [1.82, 2.24) is 9.88 Å². The molecule has 8 nitrogen and oxygen atoms in total. The minimum atomic E-state index is -0.477. The number of hydrogen-bond donors (Lipinski definition) is 0. The van der Waals surface area contributed by atoms with Crippen molar-refractivity contribution in [2.75, 3.05) is 31.1 Å². The number of carbonyl (C=O) groups excluding carboxylic acids is 2. The van der Waals surface area contributed by atoms with E-state index in [0.717, 1.165) is 19.3 Å². The van der Waals surface area contributed by atoms with Crippen molar-refractivity contribution in [1.29, 1.82) is 0 Å². The molecule has 0 saturated carbocycles. The topological polar surface area (TPSA) is 96.7 Å². The Morgan fingerprint density at radius 2 is 1.74 bits per heavy atom. The zero-order chi connectivity index (χ0) is 22.2. The van der Waals surface area contributed by atoms with Gasteiger partial charge < -0.3 is 9.80 Å². The Morgan fingerprint density at radius 1 is 1.03 bits per heavy atom. The van der Waals surface area contributed by atoms with Crippen LogP contribution in [0.5, 0.6) is 0 Å². The van der Waals surface area contributed by atoms with Crippen LogP contribution >= 0.6 is 0 Å². The molecule has 0 unspecified atom stereocenters. The van der Waals surface area contributed by atoms with E-state index < -0.39 is 4.92 Å². The predicted molar refractivity (Wildman–Crippen MR) is 118 cm³/mol. The summed E-state index contributed by atoms with van der Waals surface area (Å²) in [6.45, 7) is 4.43. The average molecular weight is 425 g/mol. The number of ketones is 1. The predicted octanol–water partition coefficient (Wildman–Crippen LogP) is 3.64. The molecular formula is C23H28N4O4. The molecule has 1 aromatic carbocycles. The monoisotopic (exact) mass is 424 g/mol. The van der Waals surface area contributed by atoms with Crippen LogP contribution in [0.25, 0.3) is 0 Å². The second kappa shape index (κ2) is 10.7. The number of Topliss-reactive ketones (excluding diaryl/α,β-unsaturated/α-hetero) is 1. The molecule has 0 N–H and O–H groups in total. The zero-order valence-corrected chi connectivity index (χ0v) is 17.8. The maximum absolute atomic E-state index is 12.5. The summed E-state index contributed by atoms with van der Waals surface area (Å²) in [4.78, 5) is 43.1. The molecule has 164 valence electrons. The van der Waals surface area contributed by atoms with E-state index in [1.807, 2.05) is 29.2 Å². The Morgan fingerprint density at radius 3 is 2.32 bits per heavy atom. The van der Waals surface area contributed by atoms with Crippen molar-refractivity contribution < 1.29 is 14.5 Å². The van der Waals surface area contributed by atoms with E-state index in [1.165, 1.54) is 17.8 Å². The molecule has 31 heavy (non-hydrogen) atoms. The summed E-state index contributed by atoms with van der Waals surface area (Å²) in [5, 5.41) is 10.7. The summed E-state index contributed by atoms with van der Waals surface area (Å²) in [6.07, 6.45) is 4.94. The maximum atomic E-state index is 12.5. The Labute approximate surface area is 182 Å². The summed E-state index contributed by atoms with van der Waals surface area (Å²) in [5.41, 5.74) is 1.84. The Bertz CT molecular complexity index is 904. The second-order valence-electron chi connectivity index (χ2n) is 7.72. The molecule has 1 amide bonds. The number of amides is 1. The number of nitrogens with zero attached hydrogens (tertiary/aromatic N) is 4. The summed E-state index contributed by atoms with van der Waals surface area (Å²) in [5.74, 6) is 0.628. The van der Waals surface area contributed by atoms with Gasteiger partial charge in [0.15, 0.2) is 5.78 Å². The minimum absolute atomic E-state index is 0.0101. The number of aryl methyl sites for hydroxylation is 1. The lowest BCUT2D eigenvalue weighted by Crippen LogP contribution is -2.49. The fraction of sp³-hybridized carbons (Fsp3) is 0.435. The number of aromatic nitrogens is 1. The van der Waals surface area contributed by atoms with Gasteiger partial charge in [0, 0.05) is 50.7 Å². The SMILES string of the molecule is CCCCc1ccc(C(=O)CCC(=O)N2CCN(c3ccc([N+](=O)[O-])cn3)CC2)cc1. The normalized spacial score (nSPS) is 13.8. The van der Waals surface area contributed by atoms with Crippen molar-refractivity contribution >= 4 is 23.2 Å². The molecule has 2 aromatic rings. The molecule has 0 spiro atoms. The first kappa shape index (κ1) is 22.4. The van der Waals surface area contributed by atoms with E-state index >= 15 is 0 Å². The summed E-state index contributed by atoms with van der Waals surface area (Å²) in [7, 11) is 0. The van der Waals surface area contributed by atoms with E-state index in [9.17, 15) is 19.7 Å². The Hall–Kier alpha value is -3.29. The number of pyridine rings is 1. The zero-order valence-electron chi connectivity index (χ0n) is 17.8. The van der Waals surface area contributed by atoms with Crippen molar-refractivity contribution in [3.63, 3.8) is 0 Å². The Balaban J connectivity index is 1.44. The lowest BCUT2D eigenvalue weighted by Gasteiger charge is -2.35. The largest absolute Gasteiger partial charge is 0.353 e. The van der Waals surface area contributed by atoms with Crippen molar-refractivity contribution in [2.24, 2.45) is 0 Å². The van der Waals surface area contributed by atoms with Gasteiger partial charge in [-0.05, 0) is 24.5 Å². The molecule has 3 rings (SSSR count). The highest BCUT2D eigenvalue weighted by Crippen LogP contribution is 2.18. The fourth-order valence-corrected chi connectivity index (χ4v) is 3.62. The molecule has 1 saturated heterocycles. The second-order valence-corrected chi connectivity index (χ2v) is 7.72. The van der Waals surface area contributed by atoms with Crippen molar-refractivity contribution in [2.45, 2.75) is 39.0 Å². The van der Waals surface area contributed by atoms with Crippen LogP contribution in [-0.4, -0.2) is 52.7 Å². The molecule has 1 aromatic heterocycles. The van der Waals surface area contributed by atoms with Crippen LogP contribution in [0.3, 0.4) is 0 Å². The molecule has 0 bridgehead atoms. The number of unbranched alkanes of at least 4 members (excludes halogenated alkanes) is 1. The third kappa shape index (κ3) is 6.10. The number of nitro groups is 1. The quantitative estimate of drug-likeness (QED) is 0.346. The van der Waals surface area contributed by atoms with Crippen LogP contribution in [-0.2, 0) is 11.2 Å². The molecule has 1 aliphatic rings. The summed E-state index contributed by atoms with van der Waals surface area (Å²) < 4.78 is 0. The van der Waals surface area contributed by atoms with Gasteiger partial charge >= 0.3 is 0 Å². The number of hydrogen-bond acceptors (Lipinski definition) is 6. The van der Waals surface area contributed by atoms with Crippen LogP contribution < -0.4 is 4.90 Å². The molecule has 2 heterocycles. The van der Waals surface area contributed by atoms with Crippen LogP contribution in [0.1, 0.15) is 48.5 Å². The van der Waals surface area contributed by atoms with E-state index in [1.54, 1.807) is 11.0 Å². The number of carbonyl (C=O) groups is 2. The van der Waals surface area contributed by atoms with Crippen molar-refractivity contribution in [3.8, 4) is 0 Å². The van der Waals surface area contributed by atoms with Crippen LogP contribution in [0, 0.1) is 10.1 Å². The molecule has 8 heteroatoms. The average Bonchev–Trinajstić information content (AvgIpc) is 2.81. The Kier molecular flexibility index (Phi) is 7.70. The van der Waals surface area contributed by atoms with Gasteiger partial charge in [-0.3, -0.25) is 19.7 Å². The van der Waals surface area contributed by atoms with E-state index in [4.69, 9.17) is 0 Å². The first-order valence-corrected chi connectivity index (χ1v) is 10.7. The molecular weight excluding hydrogens is 396 g/mol. The third-order valence-corrected chi connectivity index (χ3v) is 5.56. The van der Waals surface area contributed by atoms with Crippen LogP contribution in [0.4, 0.5) is 11.5 Å². The first-order valence-electron chi connectivity index (χ1n) is 10.7. The van der Waals surface area contributed by atoms with Gasteiger partial charge in [-0.2, -0.15) is 0 Å². The van der Waals surface area contributed by atoms with Gasteiger partial charge in [-0.25, -0.2) is 4.98 Å². The molecule has 1 fully saturated rings. The number of piperazine rings is 1. The van der Waals surface area contributed by atoms with Gasteiger partial charge in [-0.1, -0.05) is 37.6 Å². The van der Waals surface area contributed by atoms with Gasteiger partial charge in [-0.15, -0.1) is 0 Å². The highest BCUT2D eigenvalue weighted by molar-refractivity contribution is 5.98. The minimum Gasteiger partial charge on any atom is -0.353 e.